The molecule has 0 aliphatic carbocycles. The van der Waals surface area contributed by atoms with Gasteiger partial charge in [-0.2, -0.15) is 0 Å². The van der Waals surface area contributed by atoms with Gasteiger partial charge in [0.2, 0.25) is 0 Å². The molecule has 0 aliphatic rings. The molecule has 0 aromatic carbocycles. The molecule has 0 unspecified atom stereocenters. The third-order valence-corrected chi connectivity index (χ3v) is 0.167. The number of hydrogen-bond donors (Lipinski definition) is 6. The van der Waals surface area contributed by atoms with Crippen molar-refractivity contribution in [2.45, 2.75) is 0 Å². The molecule has 0 aliphatic heterocycles. The first-order valence-electron chi connectivity index (χ1n) is 4.44. The van der Waals surface area contributed by atoms with Gasteiger partial charge in [-0.05, 0) is 0 Å². The summed E-state index contributed by atoms with van der Waals surface area (Å²) in [5, 5.41) is 29.2. The second kappa shape index (κ2) is 36.1. The van der Waals surface area contributed by atoms with Gasteiger partial charge in [0.1, 0.15) is 0 Å². The topological polar surface area (TPSA) is 201 Å². The molecule has 0 saturated carbocycles. The monoisotopic (exact) mass is 360 g/mol. The molecule has 8 N–H and O–H groups in total. The van der Waals surface area contributed by atoms with Crippen LogP contribution in [0.3, 0.4) is 0 Å². The molecule has 11 heteroatoms. The van der Waals surface area contributed by atoms with Gasteiger partial charge in [-0.15, -0.1) is 0 Å². The molecule has 0 saturated heterocycles. The van der Waals surface area contributed by atoms with Crippen molar-refractivity contribution in [1.29, 1.82) is 0 Å². The first-order valence-corrected chi connectivity index (χ1v) is 4.44. The van der Waals surface area contributed by atoms with Crippen molar-refractivity contribution in [3.63, 3.8) is 0 Å². The smallest absolute Gasteiger partial charge is 0.161 e. The number of carboxylic acids is 4. The van der Waals surface area contributed by atoms with Gasteiger partial charge in [0.05, 0.1) is 0 Å². The largest absolute Gasteiger partial charge is 0.503 e. The van der Waals surface area contributed by atoms with E-state index in [9.17, 15) is 0 Å². The average molecular weight is 362 g/mol. The molecular weight excluding hydrogens is 342 g/mol. The molecule has 0 atom stereocenters. The molecule has 0 spiro atoms. The fraction of sp³-hybridized carbons (Fsp3) is 0.200. The van der Waals surface area contributed by atoms with Crippen LogP contribution < -0.4 is 11.5 Å². The number of carboxylic acid groups (broad SMARTS) is 4. The average Bonchev–Trinajstić information content (AvgIpc) is 2.13. The second-order valence-corrected chi connectivity index (χ2v) is 2.15. The summed E-state index contributed by atoms with van der Waals surface area (Å²) in [6.45, 7) is 11.4. The Labute approximate surface area is 135 Å². The Bertz CT molecular complexity index is 195. The molecule has 0 amide bonds. The second-order valence-electron chi connectivity index (χ2n) is 2.15. The summed E-state index contributed by atoms with van der Waals surface area (Å²) in [4.78, 5) is 35.6. The quantitative estimate of drug-likeness (QED) is 0.236. The molecule has 21 heavy (non-hydrogen) atoms. The van der Waals surface area contributed by atoms with Crippen LogP contribution in [0, 0.1) is 27.7 Å². The molecular formula is C10H20N2O8Zn-4. The molecule has 0 rings (SSSR count). The summed E-state index contributed by atoms with van der Waals surface area (Å²) in [5.41, 5.74) is 9.81. The van der Waals surface area contributed by atoms with E-state index in [1.165, 1.54) is 0 Å². The molecule has 0 bridgehead atoms. The van der Waals surface area contributed by atoms with Gasteiger partial charge >= 0.3 is 0 Å². The maximum Gasteiger partial charge on any atom is 0.161 e. The predicted octanol–water partition coefficient (Wildman–Crippen LogP) is -1.48. The number of hydrogen-bond acceptors (Lipinski definition) is 6. The van der Waals surface area contributed by atoms with E-state index in [0.29, 0.717) is 13.1 Å². The first kappa shape index (κ1) is 36.4. The molecule has 0 radical (unpaired) electrons. The Morgan fingerprint density at radius 2 is 0.667 bits per heavy atom. The third-order valence-electron chi connectivity index (χ3n) is 0.167. The minimum atomic E-state index is -1.08. The molecule has 124 valence electrons. The zero-order chi connectivity index (χ0) is 17.7. The van der Waals surface area contributed by atoms with Crippen molar-refractivity contribution < 1.29 is 59.1 Å². The Kier molecular flexibility index (Phi) is 62.6. The Morgan fingerprint density at radius 1 is 0.619 bits per heavy atom. The fourth-order valence-electron chi connectivity index (χ4n) is 0. The summed E-state index contributed by atoms with van der Waals surface area (Å²) in [5.74, 6) is -4.33. The van der Waals surface area contributed by atoms with Crippen molar-refractivity contribution in [3.05, 3.63) is 27.7 Å². The molecule has 0 fully saturated rings. The summed E-state index contributed by atoms with van der Waals surface area (Å²) in [6.07, 6.45) is 0. The van der Waals surface area contributed by atoms with Crippen LogP contribution in [0.2, 0.25) is 0 Å². The van der Waals surface area contributed by atoms with Crippen LogP contribution in [-0.4, -0.2) is 57.4 Å². The van der Waals surface area contributed by atoms with Crippen LogP contribution in [0.15, 0.2) is 0 Å². The normalized spacial score (nSPS) is 6.00. The maximum atomic E-state index is 8.89. The Morgan fingerprint density at radius 3 is 0.667 bits per heavy atom. The van der Waals surface area contributed by atoms with Crippen molar-refractivity contribution in [3.8, 4) is 0 Å². The van der Waals surface area contributed by atoms with E-state index in [1.807, 2.05) is 0 Å². The fourth-order valence-corrected chi connectivity index (χ4v) is 0. The van der Waals surface area contributed by atoms with Crippen molar-refractivity contribution >= 4 is 23.9 Å². The van der Waals surface area contributed by atoms with E-state index in [1.54, 1.807) is 0 Å². The van der Waals surface area contributed by atoms with Crippen LogP contribution in [-0.2, 0) is 38.7 Å². The molecule has 0 aromatic heterocycles. The van der Waals surface area contributed by atoms with Gasteiger partial charge in [0.25, 0.3) is 0 Å². The van der Waals surface area contributed by atoms with E-state index in [0.717, 1.165) is 0 Å². The van der Waals surface area contributed by atoms with Crippen LogP contribution in [0.5, 0.6) is 0 Å². The number of carbonyl (C=O) groups is 4. The van der Waals surface area contributed by atoms with E-state index < -0.39 is 23.9 Å². The molecule has 0 heterocycles. The SMILES string of the molecule is NCCN.[CH2-]C(=O)O.[CH2-]C(=O)O.[CH2-]C(=O)O.[CH2-]C(=O)O.[Zn]. The minimum Gasteiger partial charge on any atom is -0.503 e. The van der Waals surface area contributed by atoms with Crippen molar-refractivity contribution in [2.24, 2.45) is 11.5 Å². The van der Waals surface area contributed by atoms with E-state index >= 15 is 0 Å². The van der Waals surface area contributed by atoms with Crippen LogP contribution in [0.25, 0.3) is 0 Å². The van der Waals surface area contributed by atoms with Gasteiger partial charge in [-0.3, -0.25) is 46.9 Å². The van der Waals surface area contributed by atoms with Gasteiger partial charge in [0, 0.05) is 32.6 Å². The Hall–Kier alpha value is -2.10. The minimum absolute atomic E-state index is 0. The van der Waals surface area contributed by atoms with Crippen LogP contribution >= 0.6 is 0 Å². The Balaban J connectivity index is -0.0000000331. The van der Waals surface area contributed by atoms with Gasteiger partial charge in [-0.25, -0.2) is 0 Å². The third kappa shape index (κ3) is 3770. The van der Waals surface area contributed by atoms with Gasteiger partial charge < -0.3 is 31.9 Å². The number of aliphatic carboxylic acids is 4. The molecule has 0 aromatic rings. The van der Waals surface area contributed by atoms with E-state index in [2.05, 4.69) is 27.7 Å². The predicted molar refractivity (Wildman–Crippen MR) is 70.1 cm³/mol. The summed E-state index contributed by atoms with van der Waals surface area (Å²) >= 11 is 0. The maximum absolute atomic E-state index is 8.89. The van der Waals surface area contributed by atoms with E-state index in [4.69, 9.17) is 51.1 Å². The van der Waals surface area contributed by atoms with Gasteiger partial charge in [0.15, 0.2) is 23.9 Å². The van der Waals surface area contributed by atoms with E-state index in [-0.39, 0.29) is 19.5 Å². The van der Waals surface area contributed by atoms with Crippen LogP contribution in [0.4, 0.5) is 0 Å². The van der Waals surface area contributed by atoms with Crippen LogP contribution in [0.1, 0.15) is 0 Å². The summed E-state index contributed by atoms with van der Waals surface area (Å²) in [7, 11) is 0. The standard InChI is InChI=1S/C2H8N2.4C2H3O2.Zn/c3-1-2-4;4*1-2(3)4;/h1-4H2;4*1H2,(H,3,4);/q;4*-1;. The number of rotatable bonds is 1. The summed E-state index contributed by atoms with van der Waals surface area (Å²) in [6, 6.07) is 0. The van der Waals surface area contributed by atoms with Gasteiger partial charge in [-0.1, -0.05) is 0 Å². The van der Waals surface area contributed by atoms with Crippen molar-refractivity contribution in [1.82, 2.24) is 0 Å². The van der Waals surface area contributed by atoms with Crippen molar-refractivity contribution in [2.75, 3.05) is 13.1 Å². The summed E-state index contributed by atoms with van der Waals surface area (Å²) < 4.78 is 0. The number of nitrogens with two attached hydrogens (primary N) is 2. The first-order chi connectivity index (χ1) is 8.84. The zero-order valence-corrected chi connectivity index (χ0v) is 14.5. The zero-order valence-electron chi connectivity index (χ0n) is 11.5. The molecule has 10 nitrogen and oxygen atoms in total.